The molecule has 0 N–H and O–H groups in total. The van der Waals surface area contributed by atoms with Crippen LogP contribution >= 0.6 is 15.9 Å². The topological polar surface area (TPSA) is 80.6 Å². The highest BCUT2D eigenvalue weighted by molar-refractivity contribution is 9.10. The molecule has 1 atom stereocenters. The average Bonchev–Trinajstić information content (AvgIpc) is 3.22. The largest absolute Gasteiger partial charge is 0.443 e. The Hall–Kier alpha value is -3.98. The van der Waals surface area contributed by atoms with Crippen LogP contribution in [-0.4, -0.2) is 45.0 Å². The van der Waals surface area contributed by atoms with E-state index in [1.54, 1.807) is 21.5 Å². The Morgan fingerprint density at radius 3 is 2.32 bits per heavy atom. The molecule has 1 unspecified atom stereocenters. The molecule has 230 valence electrons. The van der Waals surface area contributed by atoms with Crippen molar-refractivity contribution in [2.45, 2.75) is 72.4 Å². The fourth-order valence-electron chi connectivity index (χ4n) is 5.53. The van der Waals surface area contributed by atoms with Crippen molar-refractivity contribution in [3.63, 3.8) is 0 Å². The molecule has 3 heterocycles. The number of carbonyl (C=O) groups excluding carboxylic acids is 2. The summed E-state index contributed by atoms with van der Waals surface area (Å²) in [6.45, 7) is 16.1. The smallest absolute Gasteiger partial charge is 0.415 e. The standard InChI is InChI=1S/C35H40BrN5O3/c1-21-20-40(33(43)44-35(6,7)8)30-22(2)38-39(9)31(30)41(21)32(42)28-19-26(37-29-17-15-25(36)18-27(28)29)16-12-23-10-13-24(14-11-23)34(3,4)5/h10-19,21H,20H2,1-9H3/b16-12+. The third-order valence-electron chi connectivity index (χ3n) is 7.62. The Morgan fingerprint density at radius 2 is 1.68 bits per heavy atom. The normalized spacial score (nSPS) is 15.6. The number of hydrogen-bond donors (Lipinski definition) is 0. The minimum absolute atomic E-state index is 0.0769. The van der Waals surface area contributed by atoms with Crippen LogP contribution in [0, 0.1) is 6.92 Å². The summed E-state index contributed by atoms with van der Waals surface area (Å²) in [6, 6.07) is 15.7. The van der Waals surface area contributed by atoms with Gasteiger partial charge in [0.25, 0.3) is 5.91 Å². The molecule has 8 nitrogen and oxygen atoms in total. The van der Waals surface area contributed by atoms with Crippen LogP contribution in [0.2, 0.25) is 0 Å². The maximum Gasteiger partial charge on any atom is 0.415 e. The molecule has 0 aliphatic carbocycles. The van der Waals surface area contributed by atoms with Gasteiger partial charge in [0.05, 0.1) is 35.1 Å². The fraction of sp³-hybridized carbons (Fsp3) is 0.371. The van der Waals surface area contributed by atoms with Crippen molar-refractivity contribution >= 4 is 62.5 Å². The van der Waals surface area contributed by atoms with Gasteiger partial charge in [0.1, 0.15) is 11.3 Å². The fourth-order valence-corrected chi connectivity index (χ4v) is 5.89. The molecule has 5 rings (SSSR count). The average molecular weight is 659 g/mol. The van der Waals surface area contributed by atoms with Gasteiger partial charge in [0.15, 0.2) is 5.82 Å². The van der Waals surface area contributed by atoms with E-state index in [1.807, 2.05) is 71.0 Å². The van der Waals surface area contributed by atoms with Crippen molar-refractivity contribution in [3.05, 3.63) is 81.1 Å². The molecule has 2 amide bonds. The number of nitrogens with zero attached hydrogens (tertiary/aromatic N) is 5. The minimum Gasteiger partial charge on any atom is -0.443 e. The molecule has 44 heavy (non-hydrogen) atoms. The number of benzene rings is 2. The summed E-state index contributed by atoms with van der Waals surface area (Å²) < 4.78 is 8.24. The van der Waals surface area contributed by atoms with Crippen molar-refractivity contribution in [3.8, 4) is 0 Å². The third-order valence-corrected chi connectivity index (χ3v) is 8.12. The number of aryl methyl sites for hydroxylation is 2. The van der Waals surface area contributed by atoms with E-state index in [0.29, 0.717) is 34.0 Å². The van der Waals surface area contributed by atoms with E-state index < -0.39 is 11.7 Å². The maximum absolute atomic E-state index is 14.6. The lowest BCUT2D eigenvalue weighted by molar-refractivity contribution is 0.0574. The summed E-state index contributed by atoms with van der Waals surface area (Å²) in [5.74, 6) is 0.355. The highest BCUT2D eigenvalue weighted by Gasteiger charge is 2.41. The molecule has 1 aliphatic heterocycles. The lowest BCUT2D eigenvalue weighted by Gasteiger charge is -2.40. The van der Waals surface area contributed by atoms with Crippen molar-refractivity contribution in [1.82, 2.24) is 14.8 Å². The Bertz CT molecular complexity index is 1780. The maximum atomic E-state index is 14.6. The van der Waals surface area contributed by atoms with Gasteiger partial charge in [-0.2, -0.15) is 5.10 Å². The molecule has 2 aromatic carbocycles. The van der Waals surface area contributed by atoms with Crippen molar-refractivity contribution in [1.29, 1.82) is 0 Å². The monoisotopic (exact) mass is 657 g/mol. The molecule has 1 aliphatic rings. The zero-order chi connectivity index (χ0) is 32.1. The molecule has 0 bridgehead atoms. The van der Waals surface area contributed by atoms with Crippen molar-refractivity contribution in [2.75, 3.05) is 16.3 Å². The first-order valence-corrected chi connectivity index (χ1v) is 15.6. The van der Waals surface area contributed by atoms with Crippen LogP contribution < -0.4 is 9.80 Å². The zero-order valence-corrected chi connectivity index (χ0v) is 28.5. The number of fused-ring (bicyclic) bond motifs is 2. The SMILES string of the molecule is Cc1nn(C)c2c1N(C(=O)OC(C)(C)C)CC(C)N2C(=O)c1cc(/C=C/c2ccc(C(C)(C)C)cc2)nc2ccc(Br)cc12. The second kappa shape index (κ2) is 11.5. The number of carbonyl (C=O) groups is 2. The van der Waals surface area contributed by atoms with Crippen LogP contribution in [-0.2, 0) is 17.2 Å². The lowest BCUT2D eigenvalue weighted by Crippen LogP contribution is -2.53. The molecule has 0 fully saturated rings. The number of pyridine rings is 1. The van der Waals surface area contributed by atoms with Crippen LogP contribution in [0.15, 0.2) is 53.0 Å². The van der Waals surface area contributed by atoms with Gasteiger partial charge in [0, 0.05) is 16.9 Å². The number of amides is 2. The third kappa shape index (κ3) is 6.29. The molecule has 9 heteroatoms. The van der Waals surface area contributed by atoms with E-state index in [9.17, 15) is 9.59 Å². The number of rotatable bonds is 3. The van der Waals surface area contributed by atoms with E-state index >= 15 is 0 Å². The summed E-state index contributed by atoms with van der Waals surface area (Å²) in [7, 11) is 1.79. The molecular formula is C35H40BrN5O3. The first kappa shape index (κ1) is 31.4. The first-order chi connectivity index (χ1) is 20.5. The second-order valence-corrected chi connectivity index (χ2v) is 14.4. The van der Waals surface area contributed by atoms with Gasteiger partial charge in [-0.15, -0.1) is 0 Å². The number of hydrogen-bond acceptors (Lipinski definition) is 5. The van der Waals surface area contributed by atoms with E-state index in [0.717, 1.165) is 15.4 Å². The minimum atomic E-state index is -0.661. The van der Waals surface area contributed by atoms with E-state index in [1.165, 1.54) is 5.56 Å². The summed E-state index contributed by atoms with van der Waals surface area (Å²) in [4.78, 5) is 36.1. The summed E-state index contributed by atoms with van der Waals surface area (Å²) >= 11 is 3.57. The Kier molecular flexibility index (Phi) is 8.22. The van der Waals surface area contributed by atoms with E-state index in [2.05, 4.69) is 66.1 Å². The van der Waals surface area contributed by atoms with Gasteiger partial charge >= 0.3 is 6.09 Å². The van der Waals surface area contributed by atoms with Crippen LogP contribution in [0.3, 0.4) is 0 Å². The molecule has 0 saturated heterocycles. The molecule has 0 radical (unpaired) electrons. The van der Waals surface area contributed by atoms with Crippen LogP contribution in [0.1, 0.15) is 81.3 Å². The Balaban J connectivity index is 1.57. The molecule has 0 saturated carbocycles. The van der Waals surface area contributed by atoms with Gasteiger partial charge in [-0.3, -0.25) is 19.3 Å². The van der Waals surface area contributed by atoms with Crippen LogP contribution in [0.25, 0.3) is 23.1 Å². The summed E-state index contributed by atoms with van der Waals surface area (Å²) in [5.41, 5.74) is 4.84. The number of halogens is 1. The van der Waals surface area contributed by atoms with Gasteiger partial charge in [-0.25, -0.2) is 9.78 Å². The molecular weight excluding hydrogens is 618 g/mol. The number of aromatic nitrogens is 3. The quantitative estimate of drug-likeness (QED) is 0.221. The lowest BCUT2D eigenvalue weighted by atomic mass is 9.87. The number of ether oxygens (including phenoxy) is 1. The van der Waals surface area contributed by atoms with Crippen molar-refractivity contribution < 1.29 is 14.3 Å². The van der Waals surface area contributed by atoms with E-state index in [4.69, 9.17) is 9.72 Å². The van der Waals surface area contributed by atoms with Crippen LogP contribution in [0.5, 0.6) is 0 Å². The van der Waals surface area contributed by atoms with Crippen molar-refractivity contribution in [2.24, 2.45) is 7.05 Å². The Labute approximate surface area is 267 Å². The van der Waals surface area contributed by atoms with Gasteiger partial charge in [0.2, 0.25) is 0 Å². The highest BCUT2D eigenvalue weighted by atomic mass is 79.9. The van der Waals surface area contributed by atoms with Gasteiger partial charge < -0.3 is 4.74 Å². The molecule has 2 aromatic heterocycles. The summed E-state index contributed by atoms with van der Waals surface area (Å²) in [5, 5.41) is 5.34. The highest BCUT2D eigenvalue weighted by Crippen LogP contribution is 2.40. The molecule has 0 spiro atoms. The van der Waals surface area contributed by atoms with Crippen LogP contribution in [0.4, 0.5) is 16.3 Å². The van der Waals surface area contributed by atoms with Gasteiger partial charge in [-0.05, 0) is 81.5 Å². The second-order valence-electron chi connectivity index (χ2n) is 13.5. The molecule has 4 aromatic rings. The number of anilines is 2. The summed E-state index contributed by atoms with van der Waals surface area (Å²) in [6.07, 6.45) is 3.49. The predicted molar refractivity (Wildman–Crippen MR) is 181 cm³/mol. The Morgan fingerprint density at radius 1 is 1.00 bits per heavy atom. The first-order valence-electron chi connectivity index (χ1n) is 14.8. The predicted octanol–water partition coefficient (Wildman–Crippen LogP) is 8.30. The zero-order valence-electron chi connectivity index (χ0n) is 26.9. The van der Waals surface area contributed by atoms with Gasteiger partial charge in [-0.1, -0.05) is 67.0 Å². The van der Waals surface area contributed by atoms with E-state index in [-0.39, 0.29) is 23.9 Å².